The number of halogens is 1. The van der Waals surface area contributed by atoms with E-state index in [4.69, 9.17) is 4.74 Å². The van der Waals surface area contributed by atoms with E-state index in [-0.39, 0.29) is 6.10 Å². The fraction of sp³-hybridized carbons (Fsp3) is 0.308. The molecule has 0 aromatic carbocycles. The molecule has 2 aromatic heterocycles. The predicted octanol–water partition coefficient (Wildman–Crippen LogP) is 2.88. The largest absolute Gasteiger partial charge is 0.475 e. The van der Waals surface area contributed by atoms with Gasteiger partial charge in [0.2, 0.25) is 11.8 Å². The summed E-state index contributed by atoms with van der Waals surface area (Å²) in [4.78, 5) is 12.6. The lowest BCUT2D eigenvalue weighted by Gasteiger charge is -2.13. The van der Waals surface area contributed by atoms with Gasteiger partial charge in [-0.3, -0.25) is 0 Å². The normalized spacial score (nSPS) is 10.5. The van der Waals surface area contributed by atoms with Gasteiger partial charge in [0, 0.05) is 34.3 Å². The maximum absolute atomic E-state index is 5.66. The molecule has 0 amide bonds. The van der Waals surface area contributed by atoms with Gasteiger partial charge in [-0.25, -0.2) is 15.0 Å². The Morgan fingerprint density at radius 1 is 1.26 bits per heavy atom. The number of ether oxygens (including phenoxy) is 1. The highest BCUT2D eigenvalue weighted by Crippen LogP contribution is 2.16. The molecular weight excluding hydrogens is 355 g/mol. The number of aromatic nitrogens is 3. The van der Waals surface area contributed by atoms with Gasteiger partial charge < -0.3 is 10.1 Å². The Hall–Kier alpha value is -1.44. The molecule has 6 heteroatoms. The van der Waals surface area contributed by atoms with Crippen molar-refractivity contribution in [3.8, 4) is 5.88 Å². The second-order valence-corrected chi connectivity index (χ2v) is 5.46. The van der Waals surface area contributed by atoms with E-state index in [1.54, 1.807) is 18.6 Å². The first-order chi connectivity index (χ1) is 9.15. The molecule has 0 fully saturated rings. The van der Waals surface area contributed by atoms with Crippen LogP contribution in [0.15, 0.2) is 30.7 Å². The van der Waals surface area contributed by atoms with E-state index >= 15 is 0 Å². The van der Waals surface area contributed by atoms with Gasteiger partial charge in [-0.05, 0) is 42.5 Å². The van der Waals surface area contributed by atoms with Crippen molar-refractivity contribution in [1.29, 1.82) is 0 Å². The SMILES string of the molecule is CC(C)Oc1ncccc1CNc1ncc(I)cn1. The third kappa shape index (κ3) is 4.30. The van der Waals surface area contributed by atoms with Crippen LogP contribution < -0.4 is 10.1 Å². The molecule has 0 radical (unpaired) electrons. The third-order valence-electron chi connectivity index (χ3n) is 2.25. The molecule has 0 aliphatic carbocycles. The van der Waals surface area contributed by atoms with Gasteiger partial charge in [-0.2, -0.15) is 0 Å². The van der Waals surface area contributed by atoms with Crippen LogP contribution in [0.1, 0.15) is 19.4 Å². The van der Waals surface area contributed by atoms with E-state index in [9.17, 15) is 0 Å². The van der Waals surface area contributed by atoms with Gasteiger partial charge >= 0.3 is 0 Å². The molecular formula is C13H15IN4O. The average molecular weight is 370 g/mol. The second kappa shape index (κ2) is 6.65. The molecule has 0 aliphatic heterocycles. The fourth-order valence-corrected chi connectivity index (χ4v) is 1.74. The summed E-state index contributed by atoms with van der Waals surface area (Å²) in [5.41, 5.74) is 0.985. The highest BCUT2D eigenvalue weighted by atomic mass is 127. The second-order valence-electron chi connectivity index (χ2n) is 4.21. The maximum Gasteiger partial charge on any atom is 0.222 e. The van der Waals surface area contributed by atoms with Crippen molar-refractivity contribution in [1.82, 2.24) is 15.0 Å². The molecule has 1 N–H and O–H groups in total. The number of rotatable bonds is 5. The molecule has 0 saturated carbocycles. The van der Waals surface area contributed by atoms with Crippen molar-refractivity contribution in [2.45, 2.75) is 26.5 Å². The molecule has 0 spiro atoms. The first-order valence-electron chi connectivity index (χ1n) is 5.97. The lowest BCUT2D eigenvalue weighted by molar-refractivity contribution is 0.230. The summed E-state index contributed by atoms with van der Waals surface area (Å²) in [6.45, 7) is 4.54. The molecule has 19 heavy (non-hydrogen) atoms. The average Bonchev–Trinajstić information content (AvgIpc) is 2.39. The number of hydrogen-bond acceptors (Lipinski definition) is 5. The number of anilines is 1. The van der Waals surface area contributed by atoms with Crippen LogP contribution >= 0.6 is 22.6 Å². The highest BCUT2D eigenvalue weighted by Gasteiger charge is 2.07. The summed E-state index contributed by atoms with van der Waals surface area (Å²) in [5.74, 6) is 1.25. The lowest BCUT2D eigenvalue weighted by atomic mass is 10.2. The van der Waals surface area contributed by atoms with Gasteiger partial charge in [0.1, 0.15) is 0 Å². The van der Waals surface area contributed by atoms with E-state index in [1.807, 2.05) is 26.0 Å². The van der Waals surface area contributed by atoms with Crippen molar-refractivity contribution in [2.24, 2.45) is 0 Å². The van der Waals surface area contributed by atoms with Crippen LogP contribution in [0.3, 0.4) is 0 Å². The first kappa shape index (κ1) is 14.0. The van der Waals surface area contributed by atoms with Gasteiger partial charge in [0.25, 0.3) is 0 Å². The minimum atomic E-state index is 0.100. The molecule has 2 aromatic rings. The van der Waals surface area contributed by atoms with Crippen LogP contribution in [0.2, 0.25) is 0 Å². The van der Waals surface area contributed by atoms with Gasteiger partial charge in [0.15, 0.2) is 0 Å². The zero-order chi connectivity index (χ0) is 13.7. The Kier molecular flexibility index (Phi) is 4.89. The number of pyridine rings is 1. The monoisotopic (exact) mass is 370 g/mol. The minimum absolute atomic E-state index is 0.100. The molecule has 2 rings (SSSR count). The lowest BCUT2D eigenvalue weighted by Crippen LogP contribution is -2.11. The maximum atomic E-state index is 5.66. The van der Waals surface area contributed by atoms with Crippen LogP contribution in [0.4, 0.5) is 5.95 Å². The van der Waals surface area contributed by atoms with Crippen LogP contribution in [0.5, 0.6) is 5.88 Å². The highest BCUT2D eigenvalue weighted by molar-refractivity contribution is 14.1. The van der Waals surface area contributed by atoms with E-state index in [1.165, 1.54) is 0 Å². The van der Waals surface area contributed by atoms with Crippen LogP contribution in [-0.2, 0) is 6.54 Å². The van der Waals surface area contributed by atoms with Gasteiger partial charge in [0.05, 0.1) is 6.10 Å². The van der Waals surface area contributed by atoms with E-state index in [0.29, 0.717) is 18.4 Å². The molecule has 0 atom stereocenters. The van der Waals surface area contributed by atoms with Gasteiger partial charge in [-0.1, -0.05) is 6.07 Å². The van der Waals surface area contributed by atoms with E-state index < -0.39 is 0 Å². The zero-order valence-corrected chi connectivity index (χ0v) is 13.0. The summed E-state index contributed by atoms with van der Waals surface area (Å²) in [7, 11) is 0. The Balaban J connectivity index is 2.04. The van der Waals surface area contributed by atoms with Crippen LogP contribution in [0.25, 0.3) is 0 Å². The fourth-order valence-electron chi connectivity index (χ4n) is 1.47. The Labute approximate surface area is 126 Å². The van der Waals surface area contributed by atoms with E-state index in [2.05, 4.69) is 42.9 Å². The van der Waals surface area contributed by atoms with E-state index in [0.717, 1.165) is 9.13 Å². The van der Waals surface area contributed by atoms with Crippen LogP contribution in [-0.4, -0.2) is 21.1 Å². The first-order valence-corrected chi connectivity index (χ1v) is 7.05. The standard InChI is InChI=1S/C13H15IN4O/c1-9(2)19-12-10(4-3-5-15-12)6-16-13-17-7-11(14)8-18-13/h3-5,7-9H,6H2,1-2H3,(H,16,17,18). The molecule has 100 valence electrons. The quantitative estimate of drug-likeness (QED) is 0.821. The third-order valence-corrected chi connectivity index (χ3v) is 2.81. The van der Waals surface area contributed by atoms with Crippen LogP contribution in [0, 0.1) is 3.57 Å². The summed E-state index contributed by atoms with van der Waals surface area (Å²) < 4.78 is 6.67. The number of hydrogen-bond donors (Lipinski definition) is 1. The van der Waals surface area contributed by atoms with Crippen molar-refractivity contribution < 1.29 is 4.74 Å². The Morgan fingerprint density at radius 2 is 2.00 bits per heavy atom. The predicted molar refractivity (Wildman–Crippen MR) is 82.1 cm³/mol. The van der Waals surface area contributed by atoms with Crippen molar-refractivity contribution in [3.05, 3.63) is 39.9 Å². The molecule has 0 aliphatic rings. The smallest absolute Gasteiger partial charge is 0.222 e. The summed E-state index contributed by atoms with van der Waals surface area (Å²) in [6, 6.07) is 3.86. The summed E-state index contributed by atoms with van der Waals surface area (Å²) >= 11 is 2.17. The topological polar surface area (TPSA) is 59.9 Å². The van der Waals surface area contributed by atoms with Crippen molar-refractivity contribution >= 4 is 28.5 Å². The molecule has 5 nitrogen and oxygen atoms in total. The molecule has 0 unspecified atom stereocenters. The molecule has 2 heterocycles. The number of nitrogens with zero attached hydrogens (tertiary/aromatic N) is 3. The van der Waals surface area contributed by atoms with Crippen molar-refractivity contribution in [3.63, 3.8) is 0 Å². The zero-order valence-electron chi connectivity index (χ0n) is 10.8. The summed E-state index contributed by atoms with van der Waals surface area (Å²) in [6.07, 6.45) is 5.36. The summed E-state index contributed by atoms with van der Waals surface area (Å²) in [5, 5.41) is 3.16. The Morgan fingerprint density at radius 3 is 2.68 bits per heavy atom. The molecule has 0 saturated heterocycles. The van der Waals surface area contributed by atoms with Crippen molar-refractivity contribution in [2.75, 3.05) is 5.32 Å². The molecule has 0 bridgehead atoms. The Bertz CT molecular complexity index is 530. The van der Waals surface area contributed by atoms with Gasteiger partial charge in [-0.15, -0.1) is 0 Å². The minimum Gasteiger partial charge on any atom is -0.475 e. The number of nitrogens with one attached hydrogen (secondary N) is 1.